The molecule has 5 N–H and O–H groups in total. The van der Waals surface area contributed by atoms with Crippen LogP contribution in [0.1, 0.15) is 0 Å². The van der Waals surface area contributed by atoms with Gasteiger partial charge in [-0.1, -0.05) is 6.07 Å². The van der Waals surface area contributed by atoms with Crippen LogP contribution >= 0.6 is 0 Å². The molecule has 0 spiro atoms. The van der Waals surface area contributed by atoms with Gasteiger partial charge < -0.3 is 21.0 Å². The number of anilines is 2. The van der Waals surface area contributed by atoms with Gasteiger partial charge in [-0.2, -0.15) is 0 Å². The molecule has 0 aliphatic carbocycles. The van der Waals surface area contributed by atoms with Crippen molar-refractivity contribution in [3.05, 3.63) is 36.4 Å². The number of phenolic OH excluding ortho intramolecular Hbond substituents is 1. The molecule has 0 fully saturated rings. The second kappa shape index (κ2) is 3.66. The van der Waals surface area contributed by atoms with E-state index in [0.717, 1.165) is 0 Å². The molecule has 0 saturated carbocycles. The van der Waals surface area contributed by atoms with Crippen LogP contribution in [0.15, 0.2) is 40.8 Å². The molecule has 0 atom stereocenters. The van der Waals surface area contributed by atoms with E-state index >= 15 is 0 Å². The van der Waals surface area contributed by atoms with Crippen molar-refractivity contribution in [3.8, 4) is 17.2 Å². The number of nitrogens with two attached hydrogens (primary N) is 2. The number of nitrogens with zero attached hydrogens (tertiary/aromatic N) is 1. The summed E-state index contributed by atoms with van der Waals surface area (Å²) < 4.78 is 5.56. The van der Waals surface area contributed by atoms with Gasteiger partial charge in [-0.05, 0) is 30.3 Å². The standard InChI is InChI=1S/C13H11N3O2/c14-7-4-5-11-9(6-7)16-13(18-11)12-8(15)2-1-3-10(12)17/h1-6,17H,14-15H2. The van der Waals surface area contributed by atoms with Crippen LogP contribution in [0.3, 0.4) is 0 Å². The first-order valence-corrected chi connectivity index (χ1v) is 5.39. The highest BCUT2D eigenvalue weighted by atomic mass is 16.3. The van der Waals surface area contributed by atoms with E-state index < -0.39 is 0 Å². The number of phenols is 1. The summed E-state index contributed by atoms with van der Waals surface area (Å²) >= 11 is 0. The van der Waals surface area contributed by atoms with E-state index in [-0.39, 0.29) is 11.6 Å². The van der Waals surface area contributed by atoms with Gasteiger partial charge in [0.15, 0.2) is 5.58 Å². The van der Waals surface area contributed by atoms with Gasteiger partial charge >= 0.3 is 0 Å². The van der Waals surface area contributed by atoms with Gasteiger partial charge in [0, 0.05) is 11.4 Å². The summed E-state index contributed by atoms with van der Waals surface area (Å²) in [7, 11) is 0. The first kappa shape index (κ1) is 10.5. The zero-order valence-electron chi connectivity index (χ0n) is 9.42. The van der Waals surface area contributed by atoms with Gasteiger partial charge in [-0.3, -0.25) is 0 Å². The lowest BCUT2D eigenvalue weighted by atomic mass is 10.1. The third-order valence-corrected chi connectivity index (χ3v) is 2.70. The lowest BCUT2D eigenvalue weighted by molar-refractivity contribution is 0.474. The third kappa shape index (κ3) is 1.53. The lowest BCUT2D eigenvalue weighted by Gasteiger charge is -2.02. The highest BCUT2D eigenvalue weighted by Crippen LogP contribution is 2.35. The van der Waals surface area contributed by atoms with Gasteiger partial charge in [-0.15, -0.1) is 0 Å². The Hall–Kier alpha value is -2.69. The second-order valence-corrected chi connectivity index (χ2v) is 3.99. The van der Waals surface area contributed by atoms with Crippen LogP contribution in [-0.2, 0) is 0 Å². The van der Waals surface area contributed by atoms with Crippen molar-refractivity contribution in [2.24, 2.45) is 0 Å². The van der Waals surface area contributed by atoms with Crippen molar-refractivity contribution >= 4 is 22.5 Å². The van der Waals surface area contributed by atoms with Gasteiger partial charge in [0.05, 0.1) is 0 Å². The Balaban J connectivity index is 2.26. The van der Waals surface area contributed by atoms with Crippen LogP contribution in [0, 0.1) is 0 Å². The molecule has 0 amide bonds. The number of nitrogen functional groups attached to an aromatic ring is 2. The highest BCUT2D eigenvalue weighted by molar-refractivity contribution is 5.83. The third-order valence-electron chi connectivity index (χ3n) is 2.70. The molecule has 18 heavy (non-hydrogen) atoms. The molecule has 0 radical (unpaired) electrons. The van der Waals surface area contributed by atoms with Crippen LogP contribution in [-0.4, -0.2) is 10.1 Å². The molecule has 0 unspecified atom stereocenters. The minimum absolute atomic E-state index is 0.0366. The van der Waals surface area contributed by atoms with Gasteiger partial charge in [-0.25, -0.2) is 4.98 Å². The molecular formula is C13H11N3O2. The largest absolute Gasteiger partial charge is 0.507 e. The Bertz CT molecular complexity index is 714. The predicted molar refractivity (Wildman–Crippen MR) is 69.9 cm³/mol. The summed E-state index contributed by atoms with van der Waals surface area (Å²) in [5, 5.41) is 9.82. The molecule has 90 valence electrons. The molecule has 0 bridgehead atoms. The number of aromatic nitrogens is 1. The second-order valence-electron chi connectivity index (χ2n) is 3.99. The van der Waals surface area contributed by atoms with Crippen molar-refractivity contribution in [3.63, 3.8) is 0 Å². The molecule has 1 aromatic heterocycles. The fraction of sp³-hybridized carbons (Fsp3) is 0. The van der Waals surface area contributed by atoms with Crippen LogP contribution in [0.4, 0.5) is 11.4 Å². The SMILES string of the molecule is Nc1ccc2oc(-c3c(N)cccc3O)nc2c1. The molecule has 0 saturated heterocycles. The molecule has 5 heteroatoms. The van der Waals surface area contributed by atoms with E-state index in [4.69, 9.17) is 15.9 Å². The highest BCUT2D eigenvalue weighted by Gasteiger charge is 2.15. The van der Waals surface area contributed by atoms with E-state index in [1.165, 1.54) is 6.07 Å². The van der Waals surface area contributed by atoms with E-state index in [1.807, 2.05) is 0 Å². The van der Waals surface area contributed by atoms with E-state index in [0.29, 0.717) is 28.0 Å². The van der Waals surface area contributed by atoms with Crippen molar-refractivity contribution in [2.45, 2.75) is 0 Å². The van der Waals surface area contributed by atoms with E-state index in [9.17, 15) is 5.11 Å². The number of rotatable bonds is 1. The molecule has 3 rings (SSSR count). The summed E-state index contributed by atoms with van der Waals surface area (Å²) in [5.41, 5.74) is 14.1. The van der Waals surface area contributed by atoms with Crippen molar-refractivity contribution in [1.82, 2.24) is 4.98 Å². The zero-order chi connectivity index (χ0) is 12.7. The Morgan fingerprint density at radius 3 is 2.72 bits per heavy atom. The normalized spacial score (nSPS) is 10.9. The van der Waals surface area contributed by atoms with E-state index in [2.05, 4.69) is 4.98 Å². The summed E-state index contributed by atoms with van der Waals surface area (Å²) in [6, 6.07) is 10.0. The average molecular weight is 241 g/mol. The van der Waals surface area contributed by atoms with Gasteiger partial charge in [0.1, 0.15) is 16.8 Å². The maximum absolute atomic E-state index is 9.82. The number of hydrogen-bond donors (Lipinski definition) is 3. The maximum atomic E-state index is 9.82. The number of fused-ring (bicyclic) bond motifs is 1. The Morgan fingerprint density at radius 2 is 1.94 bits per heavy atom. The van der Waals surface area contributed by atoms with Crippen LogP contribution < -0.4 is 11.5 Å². The first-order chi connectivity index (χ1) is 8.65. The quantitative estimate of drug-likeness (QED) is 0.568. The van der Waals surface area contributed by atoms with Crippen molar-refractivity contribution in [1.29, 1.82) is 0 Å². The Kier molecular flexibility index (Phi) is 2.13. The smallest absolute Gasteiger partial charge is 0.233 e. The zero-order valence-corrected chi connectivity index (χ0v) is 9.42. The minimum atomic E-state index is 0.0366. The fourth-order valence-corrected chi connectivity index (χ4v) is 1.84. The summed E-state index contributed by atoms with van der Waals surface area (Å²) in [5.74, 6) is 0.320. The van der Waals surface area contributed by atoms with Gasteiger partial charge in [0.2, 0.25) is 5.89 Å². The average Bonchev–Trinajstić information content (AvgIpc) is 2.71. The number of hydrogen-bond acceptors (Lipinski definition) is 5. The molecule has 3 aromatic rings. The fourth-order valence-electron chi connectivity index (χ4n) is 1.84. The van der Waals surface area contributed by atoms with E-state index in [1.54, 1.807) is 30.3 Å². The summed E-state index contributed by atoms with van der Waals surface area (Å²) in [4.78, 5) is 4.28. The topological polar surface area (TPSA) is 98.3 Å². The van der Waals surface area contributed by atoms with Crippen LogP contribution in [0.2, 0.25) is 0 Å². The summed E-state index contributed by atoms with van der Waals surface area (Å²) in [6.07, 6.45) is 0. The number of benzene rings is 2. The molecule has 2 aromatic carbocycles. The Morgan fingerprint density at radius 1 is 1.11 bits per heavy atom. The minimum Gasteiger partial charge on any atom is -0.507 e. The maximum Gasteiger partial charge on any atom is 0.233 e. The number of oxazole rings is 1. The van der Waals surface area contributed by atoms with Crippen molar-refractivity contribution in [2.75, 3.05) is 11.5 Å². The molecule has 1 heterocycles. The molecular weight excluding hydrogens is 230 g/mol. The lowest BCUT2D eigenvalue weighted by Crippen LogP contribution is -1.90. The number of aromatic hydroxyl groups is 1. The van der Waals surface area contributed by atoms with Crippen LogP contribution in [0.25, 0.3) is 22.6 Å². The molecule has 5 nitrogen and oxygen atoms in total. The molecule has 0 aliphatic rings. The predicted octanol–water partition coefficient (Wildman–Crippen LogP) is 2.36. The van der Waals surface area contributed by atoms with Gasteiger partial charge in [0.25, 0.3) is 0 Å². The first-order valence-electron chi connectivity index (χ1n) is 5.39. The molecule has 0 aliphatic heterocycles. The van der Waals surface area contributed by atoms with Crippen LogP contribution in [0.5, 0.6) is 5.75 Å². The Labute approximate surface area is 103 Å². The monoisotopic (exact) mass is 241 g/mol. The summed E-state index contributed by atoms with van der Waals surface area (Å²) in [6.45, 7) is 0. The van der Waals surface area contributed by atoms with Crippen molar-refractivity contribution < 1.29 is 9.52 Å².